The molecule has 0 aliphatic carbocycles. The van der Waals surface area contributed by atoms with E-state index in [-0.39, 0.29) is 0 Å². The summed E-state index contributed by atoms with van der Waals surface area (Å²) in [7, 11) is 0. The number of nitrogens with zero attached hydrogens (tertiary/aromatic N) is 1. The molecule has 0 atom stereocenters. The van der Waals surface area contributed by atoms with E-state index in [1.165, 1.54) is 5.56 Å². The molecule has 1 heterocycles. The molecule has 88 valence electrons. The first-order chi connectivity index (χ1) is 8.24. The Balaban J connectivity index is 1.85. The van der Waals surface area contributed by atoms with Crippen LogP contribution in [0.2, 0.25) is 5.02 Å². The van der Waals surface area contributed by atoms with E-state index >= 15 is 0 Å². The minimum atomic E-state index is 0.773. The molecule has 0 aliphatic rings. The fraction of sp³-hybridized carbons (Fsp3) is 0.154. The fourth-order valence-electron chi connectivity index (χ4n) is 1.49. The predicted octanol–water partition coefficient (Wildman–Crippen LogP) is 4.15. The van der Waals surface area contributed by atoms with Crippen molar-refractivity contribution in [2.45, 2.75) is 6.42 Å². The summed E-state index contributed by atoms with van der Waals surface area (Å²) in [6, 6.07) is 13.7. The van der Waals surface area contributed by atoms with Crippen molar-refractivity contribution < 1.29 is 0 Å². The van der Waals surface area contributed by atoms with Crippen LogP contribution in [-0.2, 0) is 6.42 Å². The van der Waals surface area contributed by atoms with Gasteiger partial charge in [0.1, 0.15) is 10.4 Å². The maximum absolute atomic E-state index is 5.83. The van der Waals surface area contributed by atoms with Crippen LogP contribution in [0.3, 0.4) is 0 Å². The van der Waals surface area contributed by atoms with Crippen LogP contribution >= 0.6 is 27.5 Å². The van der Waals surface area contributed by atoms with Crippen LogP contribution < -0.4 is 5.32 Å². The Morgan fingerprint density at radius 2 is 1.88 bits per heavy atom. The summed E-state index contributed by atoms with van der Waals surface area (Å²) >= 11 is 9.17. The Kier molecular flexibility index (Phi) is 4.40. The van der Waals surface area contributed by atoms with Crippen LogP contribution in [0.15, 0.2) is 47.1 Å². The molecular weight excluding hydrogens is 300 g/mol. The van der Waals surface area contributed by atoms with Crippen molar-refractivity contribution in [2.24, 2.45) is 0 Å². The highest BCUT2D eigenvalue weighted by molar-refractivity contribution is 9.10. The van der Waals surface area contributed by atoms with E-state index in [4.69, 9.17) is 11.6 Å². The van der Waals surface area contributed by atoms with E-state index in [2.05, 4.69) is 26.2 Å². The number of nitrogens with one attached hydrogen (secondary N) is 1. The number of aromatic nitrogens is 1. The second-order valence-corrected chi connectivity index (χ2v) is 4.90. The molecule has 2 aromatic rings. The van der Waals surface area contributed by atoms with E-state index in [1.807, 2.05) is 42.5 Å². The number of hydrogen-bond donors (Lipinski definition) is 1. The Morgan fingerprint density at radius 1 is 1.12 bits per heavy atom. The van der Waals surface area contributed by atoms with E-state index < -0.39 is 0 Å². The van der Waals surface area contributed by atoms with Gasteiger partial charge >= 0.3 is 0 Å². The first-order valence-corrected chi connectivity index (χ1v) is 6.52. The molecule has 2 rings (SSSR count). The minimum absolute atomic E-state index is 0.773. The number of halogens is 2. The van der Waals surface area contributed by atoms with E-state index in [1.54, 1.807) is 0 Å². The van der Waals surface area contributed by atoms with Crippen LogP contribution in [-0.4, -0.2) is 11.5 Å². The molecule has 17 heavy (non-hydrogen) atoms. The third-order valence-corrected chi connectivity index (χ3v) is 3.04. The van der Waals surface area contributed by atoms with Crippen molar-refractivity contribution in [3.63, 3.8) is 0 Å². The number of pyridine rings is 1. The SMILES string of the molecule is Clc1ccc(CCNc2cccc(Br)n2)cc1. The van der Waals surface area contributed by atoms with Crippen LogP contribution in [0.4, 0.5) is 5.82 Å². The van der Waals surface area contributed by atoms with Gasteiger partial charge in [-0.1, -0.05) is 29.8 Å². The monoisotopic (exact) mass is 310 g/mol. The van der Waals surface area contributed by atoms with E-state index in [0.717, 1.165) is 28.4 Å². The van der Waals surface area contributed by atoms with Gasteiger partial charge in [0.25, 0.3) is 0 Å². The average Bonchev–Trinajstić information content (AvgIpc) is 2.32. The van der Waals surface area contributed by atoms with Crippen molar-refractivity contribution in [3.05, 3.63) is 57.7 Å². The molecule has 0 saturated carbocycles. The number of anilines is 1. The van der Waals surface area contributed by atoms with Crippen molar-refractivity contribution in [2.75, 3.05) is 11.9 Å². The zero-order valence-electron chi connectivity index (χ0n) is 9.16. The normalized spacial score (nSPS) is 10.2. The summed E-state index contributed by atoms with van der Waals surface area (Å²) in [5.41, 5.74) is 1.26. The summed E-state index contributed by atoms with van der Waals surface area (Å²) in [5.74, 6) is 0.883. The van der Waals surface area contributed by atoms with Crippen LogP contribution in [0.1, 0.15) is 5.56 Å². The highest BCUT2D eigenvalue weighted by Crippen LogP contribution is 2.12. The highest BCUT2D eigenvalue weighted by Gasteiger charge is 1.96. The quantitative estimate of drug-likeness (QED) is 0.858. The van der Waals surface area contributed by atoms with Crippen molar-refractivity contribution in [1.29, 1.82) is 0 Å². The second-order valence-electron chi connectivity index (χ2n) is 3.65. The smallest absolute Gasteiger partial charge is 0.127 e. The lowest BCUT2D eigenvalue weighted by Gasteiger charge is -2.05. The second kappa shape index (κ2) is 6.03. The van der Waals surface area contributed by atoms with Crippen LogP contribution in [0, 0.1) is 0 Å². The topological polar surface area (TPSA) is 24.9 Å². The molecule has 2 nitrogen and oxygen atoms in total. The predicted molar refractivity (Wildman–Crippen MR) is 75.6 cm³/mol. The molecule has 0 aliphatic heterocycles. The minimum Gasteiger partial charge on any atom is -0.370 e. The Morgan fingerprint density at radius 3 is 2.59 bits per heavy atom. The largest absolute Gasteiger partial charge is 0.370 e. The van der Waals surface area contributed by atoms with Gasteiger partial charge < -0.3 is 5.32 Å². The highest BCUT2D eigenvalue weighted by atomic mass is 79.9. The molecule has 0 amide bonds. The molecule has 0 radical (unpaired) electrons. The van der Waals surface area contributed by atoms with Gasteiger partial charge in [0.15, 0.2) is 0 Å². The number of benzene rings is 1. The molecule has 0 spiro atoms. The average molecular weight is 312 g/mol. The van der Waals surface area contributed by atoms with Gasteiger partial charge in [0.2, 0.25) is 0 Å². The molecule has 0 bridgehead atoms. The lowest BCUT2D eigenvalue weighted by Crippen LogP contribution is -2.06. The van der Waals surface area contributed by atoms with E-state index in [9.17, 15) is 0 Å². The lowest BCUT2D eigenvalue weighted by atomic mass is 10.1. The van der Waals surface area contributed by atoms with Gasteiger partial charge in [-0.05, 0) is 52.2 Å². The van der Waals surface area contributed by atoms with Gasteiger partial charge in [-0.3, -0.25) is 0 Å². The van der Waals surface area contributed by atoms with Crippen LogP contribution in [0.25, 0.3) is 0 Å². The van der Waals surface area contributed by atoms with Crippen LogP contribution in [0.5, 0.6) is 0 Å². The summed E-state index contributed by atoms with van der Waals surface area (Å²) in [5, 5.41) is 4.05. The Labute approximate surface area is 114 Å². The van der Waals surface area contributed by atoms with Gasteiger partial charge in [-0.25, -0.2) is 4.98 Å². The molecule has 1 aromatic heterocycles. The van der Waals surface area contributed by atoms with E-state index in [0.29, 0.717) is 0 Å². The van der Waals surface area contributed by atoms with Crippen molar-refractivity contribution >= 4 is 33.3 Å². The molecule has 0 fully saturated rings. The van der Waals surface area contributed by atoms with Crippen molar-refractivity contribution in [3.8, 4) is 0 Å². The number of rotatable bonds is 4. The summed E-state index contributed by atoms with van der Waals surface area (Å²) in [6.45, 7) is 0.852. The lowest BCUT2D eigenvalue weighted by molar-refractivity contribution is 1.00. The first-order valence-electron chi connectivity index (χ1n) is 5.35. The molecular formula is C13H12BrClN2. The zero-order chi connectivity index (χ0) is 12.1. The standard InChI is InChI=1S/C13H12BrClN2/c14-12-2-1-3-13(17-12)16-9-8-10-4-6-11(15)7-5-10/h1-7H,8-9H2,(H,16,17). The van der Waals surface area contributed by atoms with Crippen molar-refractivity contribution in [1.82, 2.24) is 4.98 Å². The summed E-state index contributed by atoms with van der Waals surface area (Å²) < 4.78 is 0.842. The maximum Gasteiger partial charge on any atom is 0.127 e. The molecule has 1 N–H and O–H groups in total. The molecule has 4 heteroatoms. The van der Waals surface area contributed by atoms with Gasteiger partial charge in [-0.2, -0.15) is 0 Å². The fourth-order valence-corrected chi connectivity index (χ4v) is 1.96. The maximum atomic E-state index is 5.83. The first kappa shape index (κ1) is 12.4. The third-order valence-electron chi connectivity index (χ3n) is 2.35. The molecule has 0 unspecified atom stereocenters. The van der Waals surface area contributed by atoms with Gasteiger partial charge in [0, 0.05) is 11.6 Å². The number of hydrogen-bond acceptors (Lipinski definition) is 2. The molecule has 0 saturated heterocycles. The van der Waals surface area contributed by atoms with Gasteiger partial charge in [0.05, 0.1) is 0 Å². The Bertz CT molecular complexity index is 485. The summed E-state index contributed by atoms with van der Waals surface area (Å²) in [6.07, 6.45) is 0.950. The summed E-state index contributed by atoms with van der Waals surface area (Å²) in [4.78, 5) is 4.30. The third kappa shape index (κ3) is 4.02. The Hall–Kier alpha value is -1.06. The van der Waals surface area contributed by atoms with Gasteiger partial charge in [-0.15, -0.1) is 0 Å². The zero-order valence-corrected chi connectivity index (χ0v) is 11.5. The molecule has 1 aromatic carbocycles.